The standard InChI is InChI=1S/C20H30/c1-2-9-18-14-19(16-10-5-3-6-11-16)15-20(18)17-12-7-4-8-13-17/h2,15-17H,1,3-14H2. The van der Waals surface area contributed by atoms with Crippen molar-refractivity contribution >= 4 is 0 Å². The molecule has 0 aromatic carbocycles. The first-order chi connectivity index (χ1) is 9.88. The highest BCUT2D eigenvalue weighted by molar-refractivity contribution is 5.42. The summed E-state index contributed by atoms with van der Waals surface area (Å²) in [4.78, 5) is 0. The lowest BCUT2D eigenvalue weighted by molar-refractivity contribution is 0.398. The topological polar surface area (TPSA) is 0 Å². The molecule has 0 heterocycles. The predicted octanol–water partition coefficient (Wildman–Crippen LogP) is 6.35. The molecule has 0 radical (unpaired) electrons. The Kier molecular flexibility index (Phi) is 4.81. The van der Waals surface area contributed by atoms with Crippen LogP contribution in [0.5, 0.6) is 0 Å². The molecule has 20 heavy (non-hydrogen) atoms. The van der Waals surface area contributed by atoms with Gasteiger partial charge in [-0.05, 0) is 55.9 Å². The van der Waals surface area contributed by atoms with Crippen molar-refractivity contribution in [1.29, 1.82) is 0 Å². The largest absolute Gasteiger partial charge is 0.103 e. The second-order valence-corrected chi connectivity index (χ2v) is 7.12. The quantitative estimate of drug-likeness (QED) is 0.522. The summed E-state index contributed by atoms with van der Waals surface area (Å²) in [6.45, 7) is 3.98. The minimum atomic E-state index is 0.875. The molecule has 0 unspecified atom stereocenters. The van der Waals surface area contributed by atoms with Gasteiger partial charge in [-0.15, -0.1) is 6.58 Å². The van der Waals surface area contributed by atoms with Crippen LogP contribution in [0.3, 0.4) is 0 Å². The van der Waals surface area contributed by atoms with Crippen LogP contribution >= 0.6 is 0 Å². The van der Waals surface area contributed by atoms with E-state index in [0.29, 0.717) is 0 Å². The van der Waals surface area contributed by atoms with E-state index in [1.54, 1.807) is 16.7 Å². The smallest absolute Gasteiger partial charge is 0.00934 e. The van der Waals surface area contributed by atoms with E-state index in [1.807, 2.05) is 0 Å². The van der Waals surface area contributed by atoms with Crippen LogP contribution in [0.2, 0.25) is 0 Å². The lowest BCUT2D eigenvalue weighted by Crippen LogP contribution is -2.09. The molecular formula is C20H30. The summed E-state index contributed by atoms with van der Waals surface area (Å²) in [5.74, 6) is 1.78. The molecule has 0 bridgehead atoms. The highest BCUT2D eigenvalue weighted by atomic mass is 14.3. The van der Waals surface area contributed by atoms with Gasteiger partial charge in [0.25, 0.3) is 0 Å². The van der Waals surface area contributed by atoms with Crippen LogP contribution in [-0.2, 0) is 0 Å². The summed E-state index contributed by atoms with van der Waals surface area (Å²) >= 11 is 0. The highest BCUT2D eigenvalue weighted by Gasteiger charge is 2.27. The summed E-state index contributed by atoms with van der Waals surface area (Å²) in [6.07, 6.45) is 21.7. The van der Waals surface area contributed by atoms with E-state index in [9.17, 15) is 0 Å². The molecule has 0 spiro atoms. The van der Waals surface area contributed by atoms with Gasteiger partial charge in [0, 0.05) is 0 Å². The van der Waals surface area contributed by atoms with Gasteiger partial charge in [0.2, 0.25) is 0 Å². The van der Waals surface area contributed by atoms with Crippen molar-refractivity contribution in [2.24, 2.45) is 11.8 Å². The van der Waals surface area contributed by atoms with Gasteiger partial charge >= 0.3 is 0 Å². The molecule has 0 N–H and O–H groups in total. The van der Waals surface area contributed by atoms with Gasteiger partial charge in [-0.3, -0.25) is 0 Å². The van der Waals surface area contributed by atoms with E-state index in [-0.39, 0.29) is 0 Å². The van der Waals surface area contributed by atoms with Crippen molar-refractivity contribution in [2.75, 3.05) is 0 Å². The van der Waals surface area contributed by atoms with Gasteiger partial charge in [-0.2, -0.15) is 0 Å². The first kappa shape index (κ1) is 14.2. The molecule has 0 nitrogen and oxygen atoms in total. The molecule has 0 atom stereocenters. The van der Waals surface area contributed by atoms with Crippen molar-refractivity contribution in [3.63, 3.8) is 0 Å². The van der Waals surface area contributed by atoms with Crippen LogP contribution in [-0.4, -0.2) is 0 Å². The Balaban J connectivity index is 1.74. The molecular weight excluding hydrogens is 240 g/mol. The van der Waals surface area contributed by atoms with Gasteiger partial charge in [0.05, 0.1) is 0 Å². The molecule has 0 heteroatoms. The summed E-state index contributed by atoms with van der Waals surface area (Å²) in [7, 11) is 0. The van der Waals surface area contributed by atoms with E-state index in [2.05, 4.69) is 18.7 Å². The van der Waals surface area contributed by atoms with Gasteiger partial charge in [0.1, 0.15) is 0 Å². The van der Waals surface area contributed by atoms with Crippen molar-refractivity contribution in [2.45, 2.75) is 77.0 Å². The van der Waals surface area contributed by atoms with Crippen molar-refractivity contribution in [3.05, 3.63) is 35.5 Å². The van der Waals surface area contributed by atoms with Gasteiger partial charge < -0.3 is 0 Å². The zero-order valence-corrected chi connectivity index (χ0v) is 13.0. The Labute approximate surface area is 125 Å². The monoisotopic (exact) mass is 270 g/mol. The highest BCUT2D eigenvalue weighted by Crippen LogP contribution is 2.43. The molecule has 0 aromatic rings. The van der Waals surface area contributed by atoms with E-state index >= 15 is 0 Å². The molecule has 3 rings (SSSR count). The van der Waals surface area contributed by atoms with Gasteiger partial charge in [-0.25, -0.2) is 0 Å². The summed E-state index contributed by atoms with van der Waals surface area (Å²) < 4.78 is 0. The second kappa shape index (κ2) is 6.78. The molecule has 3 aliphatic carbocycles. The van der Waals surface area contributed by atoms with Crippen LogP contribution in [0.25, 0.3) is 0 Å². The number of hydrogen-bond donors (Lipinski definition) is 0. The Bertz CT molecular complexity index is 398. The third-order valence-corrected chi connectivity index (χ3v) is 5.73. The average Bonchev–Trinajstić information content (AvgIpc) is 2.94. The molecule has 2 saturated carbocycles. The number of rotatable bonds is 4. The third kappa shape index (κ3) is 3.10. The lowest BCUT2D eigenvalue weighted by atomic mass is 9.82. The fourth-order valence-corrected chi connectivity index (χ4v) is 4.62. The lowest BCUT2D eigenvalue weighted by Gasteiger charge is -2.24. The summed E-state index contributed by atoms with van der Waals surface area (Å²) in [6, 6.07) is 0. The molecule has 0 aromatic heterocycles. The summed E-state index contributed by atoms with van der Waals surface area (Å²) in [5.41, 5.74) is 5.24. The van der Waals surface area contributed by atoms with E-state index in [0.717, 1.165) is 18.3 Å². The van der Waals surface area contributed by atoms with Crippen LogP contribution < -0.4 is 0 Å². The van der Waals surface area contributed by atoms with E-state index < -0.39 is 0 Å². The Morgan fingerprint density at radius 1 is 0.900 bits per heavy atom. The fourth-order valence-electron chi connectivity index (χ4n) is 4.62. The Hall–Kier alpha value is -0.780. The van der Waals surface area contributed by atoms with Gasteiger partial charge in [0.15, 0.2) is 0 Å². The van der Waals surface area contributed by atoms with Crippen LogP contribution in [0.4, 0.5) is 0 Å². The third-order valence-electron chi connectivity index (χ3n) is 5.73. The number of allylic oxidation sites excluding steroid dienone is 5. The van der Waals surface area contributed by atoms with Crippen molar-refractivity contribution in [1.82, 2.24) is 0 Å². The Morgan fingerprint density at radius 2 is 1.50 bits per heavy atom. The van der Waals surface area contributed by atoms with E-state index in [4.69, 9.17) is 0 Å². The molecule has 0 saturated heterocycles. The molecule has 0 aliphatic heterocycles. The van der Waals surface area contributed by atoms with Crippen LogP contribution in [0.15, 0.2) is 35.5 Å². The van der Waals surface area contributed by atoms with E-state index in [1.165, 1.54) is 70.6 Å². The first-order valence-corrected chi connectivity index (χ1v) is 8.91. The summed E-state index contributed by atoms with van der Waals surface area (Å²) in [5, 5.41) is 0. The maximum Gasteiger partial charge on any atom is -0.00934 e. The maximum atomic E-state index is 3.98. The minimum Gasteiger partial charge on any atom is -0.103 e. The molecule has 110 valence electrons. The predicted molar refractivity (Wildman–Crippen MR) is 87.7 cm³/mol. The maximum absolute atomic E-state index is 3.98. The van der Waals surface area contributed by atoms with Crippen molar-refractivity contribution in [3.8, 4) is 0 Å². The second-order valence-electron chi connectivity index (χ2n) is 7.12. The minimum absolute atomic E-state index is 0.875. The molecule has 0 amide bonds. The van der Waals surface area contributed by atoms with Crippen molar-refractivity contribution < 1.29 is 0 Å². The SMILES string of the molecule is C=CCC1=C(C2CCCCC2)C=C(C2CCCCC2)C1. The fraction of sp³-hybridized carbons (Fsp3) is 0.700. The average molecular weight is 270 g/mol. The normalized spacial score (nSPS) is 25.9. The molecule has 2 fully saturated rings. The number of hydrogen-bond acceptors (Lipinski definition) is 0. The van der Waals surface area contributed by atoms with Crippen LogP contribution in [0.1, 0.15) is 77.0 Å². The van der Waals surface area contributed by atoms with Gasteiger partial charge in [-0.1, -0.05) is 61.8 Å². The zero-order chi connectivity index (χ0) is 13.8. The first-order valence-electron chi connectivity index (χ1n) is 8.91. The Morgan fingerprint density at radius 3 is 2.10 bits per heavy atom. The zero-order valence-electron chi connectivity index (χ0n) is 13.0. The van der Waals surface area contributed by atoms with Crippen LogP contribution in [0, 0.1) is 11.8 Å². The molecule has 3 aliphatic rings.